The summed E-state index contributed by atoms with van der Waals surface area (Å²) in [6.45, 7) is 7.75. The summed E-state index contributed by atoms with van der Waals surface area (Å²) in [5.41, 5.74) is 2.21. The quantitative estimate of drug-likeness (QED) is 0.612. The Morgan fingerprint density at radius 1 is 1.00 bits per heavy atom. The van der Waals surface area contributed by atoms with Gasteiger partial charge < -0.3 is 10.6 Å². The molecule has 0 fully saturated rings. The Balaban J connectivity index is 0.000000336. The third-order valence-electron chi connectivity index (χ3n) is 1.50. The predicted molar refractivity (Wildman–Crippen MR) is 54.2 cm³/mol. The molecule has 2 heteroatoms. The Morgan fingerprint density at radius 2 is 1.42 bits per heavy atom. The van der Waals surface area contributed by atoms with E-state index in [-0.39, 0.29) is 0 Å². The maximum atomic E-state index is 3.75. The lowest BCUT2D eigenvalue weighted by Crippen LogP contribution is -1.94. The molecule has 1 aliphatic heterocycles. The topological polar surface area (TPSA) is 24.1 Å². The zero-order valence-corrected chi connectivity index (χ0v) is 7.52. The maximum absolute atomic E-state index is 3.75. The average molecular weight is 162 g/mol. The lowest BCUT2D eigenvalue weighted by molar-refractivity contribution is 1.50. The van der Waals surface area contributed by atoms with Crippen molar-refractivity contribution in [1.82, 2.24) is 0 Å². The van der Waals surface area contributed by atoms with Crippen molar-refractivity contribution in [2.75, 3.05) is 10.6 Å². The van der Waals surface area contributed by atoms with Crippen LogP contribution in [0.5, 0.6) is 0 Å². The van der Waals surface area contributed by atoms with Crippen molar-refractivity contribution in [3.8, 4) is 0 Å². The fraction of sp³-hybridized carbons (Fsp3) is 0.200. The van der Waals surface area contributed by atoms with Gasteiger partial charge in [0.25, 0.3) is 0 Å². The normalized spacial score (nSPS) is 12.0. The summed E-state index contributed by atoms with van der Waals surface area (Å²) < 4.78 is 0. The van der Waals surface area contributed by atoms with Gasteiger partial charge in [0.2, 0.25) is 0 Å². The Bertz CT molecular complexity index is 252. The summed E-state index contributed by atoms with van der Waals surface area (Å²) in [5, 5.41) is 6.18. The molecule has 0 bridgehead atoms. The Hall–Kier alpha value is -1.44. The lowest BCUT2D eigenvalue weighted by atomic mass is 10.3. The van der Waals surface area contributed by atoms with E-state index < -0.39 is 0 Å². The first-order valence-electron chi connectivity index (χ1n) is 4.18. The summed E-state index contributed by atoms with van der Waals surface area (Å²) in [6, 6.07) is 8.01. The minimum atomic E-state index is 0.848. The maximum Gasteiger partial charge on any atom is 0.100 e. The number of fused-ring (bicyclic) bond motifs is 1. The molecule has 2 nitrogen and oxygen atoms in total. The minimum absolute atomic E-state index is 0.848. The first-order valence-corrected chi connectivity index (χ1v) is 4.18. The number of anilines is 2. The first kappa shape index (κ1) is 8.65. The van der Waals surface area contributed by atoms with Crippen molar-refractivity contribution >= 4 is 11.4 Å². The van der Waals surface area contributed by atoms with E-state index in [1.807, 2.05) is 38.1 Å². The highest BCUT2D eigenvalue weighted by Gasteiger charge is 2.08. The molecule has 12 heavy (non-hydrogen) atoms. The monoisotopic (exact) mass is 162 g/mol. The van der Waals surface area contributed by atoms with Gasteiger partial charge in [-0.2, -0.15) is 0 Å². The van der Waals surface area contributed by atoms with Crippen molar-refractivity contribution in [2.45, 2.75) is 13.8 Å². The highest BCUT2D eigenvalue weighted by molar-refractivity contribution is 5.78. The van der Waals surface area contributed by atoms with Gasteiger partial charge in [0.1, 0.15) is 5.82 Å². The molecule has 2 rings (SSSR count). The Labute approximate surface area is 73.3 Å². The van der Waals surface area contributed by atoms with Crippen LogP contribution in [0.4, 0.5) is 11.4 Å². The van der Waals surface area contributed by atoms with Crippen molar-refractivity contribution in [3.05, 3.63) is 36.7 Å². The summed E-state index contributed by atoms with van der Waals surface area (Å²) in [6.07, 6.45) is 0. The van der Waals surface area contributed by atoms with Crippen LogP contribution in [-0.2, 0) is 0 Å². The van der Waals surface area contributed by atoms with Crippen LogP contribution < -0.4 is 10.6 Å². The zero-order valence-electron chi connectivity index (χ0n) is 7.52. The summed E-state index contributed by atoms with van der Waals surface area (Å²) >= 11 is 0. The molecule has 0 radical (unpaired) electrons. The smallest absolute Gasteiger partial charge is 0.100 e. The SMILES string of the molecule is C=C1Nc2ccccc2N1.CC. The first-order chi connectivity index (χ1) is 5.86. The van der Waals surface area contributed by atoms with E-state index >= 15 is 0 Å². The molecule has 2 N–H and O–H groups in total. The van der Waals surface area contributed by atoms with Gasteiger partial charge in [-0.05, 0) is 12.1 Å². The number of benzene rings is 1. The van der Waals surface area contributed by atoms with Crippen LogP contribution in [0.2, 0.25) is 0 Å². The highest BCUT2D eigenvalue weighted by atomic mass is 15.2. The molecule has 1 aromatic carbocycles. The van der Waals surface area contributed by atoms with Gasteiger partial charge in [-0.25, -0.2) is 0 Å². The highest BCUT2D eigenvalue weighted by Crippen LogP contribution is 2.28. The van der Waals surface area contributed by atoms with E-state index in [2.05, 4.69) is 17.2 Å². The van der Waals surface area contributed by atoms with E-state index in [9.17, 15) is 0 Å². The Kier molecular flexibility index (Phi) is 2.75. The molecular formula is C10H14N2. The van der Waals surface area contributed by atoms with Crippen molar-refractivity contribution in [2.24, 2.45) is 0 Å². The van der Waals surface area contributed by atoms with Crippen molar-refractivity contribution < 1.29 is 0 Å². The van der Waals surface area contributed by atoms with E-state index in [1.165, 1.54) is 0 Å². The summed E-state index contributed by atoms with van der Waals surface area (Å²) in [4.78, 5) is 0. The van der Waals surface area contributed by atoms with E-state index in [0.717, 1.165) is 17.2 Å². The molecule has 0 atom stereocenters. The van der Waals surface area contributed by atoms with Crippen LogP contribution >= 0.6 is 0 Å². The molecule has 0 aromatic heterocycles. The molecule has 1 heterocycles. The second-order valence-corrected chi connectivity index (χ2v) is 2.27. The zero-order chi connectivity index (χ0) is 8.97. The van der Waals surface area contributed by atoms with Crippen LogP contribution in [0.15, 0.2) is 36.7 Å². The van der Waals surface area contributed by atoms with Crippen LogP contribution in [-0.4, -0.2) is 0 Å². The molecule has 0 unspecified atom stereocenters. The number of para-hydroxylation sites is 2. The molecule has 0 amide bonds. The van der Waals surface area contributed by atoms with Gasteiger partial charge in [0.05, 0.1) is 11.4 Å². The number of nitrogens with one attached hydrogen (secondary N) is 2. The number of hydrogen-bond donors (Lipinski definition) is 2. The molecule has 1 aliphatic rings. The van der Waals surface area contributed by atoms with Gasteiger partial charge in [-0.3, -0.25) is 0 Å². The largest absolute Gasteiger partial charge is 0.341 e. The molecule has 0 spiro atoms. The number of rotatable bonds is 0. The fourth-order valence-electron chi connectivity index (χ4n) is 1.06. The van der Waals surface area contributed by atoms with Gasteiger partial charge in [-0.1, -0.05) is 32.6 Å². The molecule has 0 saturated carbocycles. The van der Waals surface area contributed by atoms with Crippen LogP contribution in [0.25, 0.3) is 0 Å². The lowest BCUT2D eigenvalue weighted by Gasteiger charge is -1.92. The molecule has 64 valence electrons. The molecule has 0 aliphatic carbocycles. The summed E-state index contributed by atoms with van der Waals surface area (Å²) in [5.74, 6) is 0.848. The molecular weight excluding hydrogens is 148 g/mol. The van der Waals surface area contributed by atoms with Gasteiger partial charge >= 0.3 is 0 Å². The fourth-order valence-corrected chi connectivity index (χ4v) is 1.06. The second kappa shape index (κ2) is 3.81. The van der Waals surface area contributed by atoms with Crippen molar-refractivity contribution in [1.29, 1.82) is 0 Å². The molecule has 1 aromatic rings. The second-order valence-electron chi connectivity index (χ2n) is 2.27. The van der Waals surface area contributed by atoms with Gasteiger partial charge in [0.15, 0.2) is 0 Å². The van der Waals surface area contributed by atoms with Crippen LogP contribution in [0.1, 0.15) is 13.8 Å². The molecule has 0 saturated heterocycles. The van der Waals surface area contributed by atoms with Crippen LogP contribution in [0, 0.1) is 0 Å². The Morgan fingerprint density at radius 3 is 1.83 bits per heavy atom. The van der Waals surface area contributed by atoms with Gasteiger partial charge in [-0.15, -0.1) is 0 Å². The third-order valence-corrected chi connectivity index (χ3v) is 1.50. The van der Waals surface area contributed by atoms with Gasteiger partial charge in [0, 0.05) is 0 Å². The van der Waals surface area contributed by atoms with Crippen molar-refractivity contribution in [3.63, 3.8) is 0 Å². The third kappa shape index (κ3) is 1.59. The van der Waals surface area contributed by atoms with E-state index in [4.69, 9.17) is 0 Å². The minimum Gasteiger partial charge on any atom is -0.341 e. The van der Waals surface area contributed by atoms with E-state index in [0.29, 0.717) is 0 Å². The van der Waals surface area contributed by atoms with Crippen LogP contribution in [0.3, 0.4) is 0 Å². The van der Waals surface area contributed by atoms with E-state index in [1.54, 1.807) is 0 Å². The predicted octanol–water partition coefficient (Wildman–Crippen LogP) is 3.02. The summed E-state index contributed by atoms with van der Waals surface area (Å²) in [7, 11) is 0. The average Bonchev–Trinajstić information content (AvgIpc) is 2.48. The number of hydrogen-bond acceptors (Lipinski definition) is 2. The standard InChI is InChI=1S/C8H8N2.C2H6/c1-6-9-7-4-2-3-5-8(7)10-6;1-2/h2-5,9-10H,1H2;1-2H3.